The van der Waals surface area contributed by atoms with Gasteiger partial charge in [-0.15, -0.1) is 0 Å². The molecule has 1 N–H and O–H groups in total. The third kappa shape index (κ3) is 4.81. The van der Waals surface area contributed by atoms with Crippen molar-refractivity contribution in [1.82, 2.24) is 10.2 Å². The van der Waals surface area contributed by atoms with E-state index in [9.17, 15) is 14.4 Å². The fourth-order valence-corrected chi connectivity index (χ4v) is 2.38. The van der Waals surface area contributed by atoms with Gasteiger partial charge in [-0.05, 0) is 26.3 Å². The van der Waals surface area contributed by atoms with Gasteiger partial charge in [-0.25, -0.2) is 4.79 Å². The lowest BCUT2D eigenvalue weighted by atomic mass is 10.1. The minimum absolute atomic E-state index is 0.112. The standard InChI is InChI=1S/C17H22N2O4/c1-17(2,3)23-16(22)18-13(12-7-5-4-6-8-12)11-19-14(20)9-10-15(19)21/h4-8,13H,9-11H2,1-3H3,(H,18,22). The molecule has 6 nitrogen and oxygen atoms in total. The maximum Gasteiger partial charge on any atom is 0.408 e. The molecule has 0 spiro atoms. The highest BCUT2D eigenvalue weighted by Gasteiger charge is 2.32. The third-order valence-electron chi connectivity index (χ3n) is 3.41. The Kier molecular flexibility index (Phi) is 5.03. The first-order chi connectivity index (χ1) is 10.8. The highest BCUT2D eigenvalue weighted by molar-refractivity contribution is 6.02. The third-order valence-corrected chi connectivity index (χ3v) is 3.41. The molecule has 1 saturated heterocycles. The number of hydrogen-bond donors (Lipinski definition) is 1. The molecule has 23 heavy (non-hydrogen) atoms. The molecular formula is C17H22N2O4. The fraction of sp³-hybridized carbons (Fsp3) is 0.471. The van der Waals surface area contributed by atoms with Crippen molar-refractivity contribution >= 4 is 17.9 Å². The van der Waals surface area contributed by atoms with E-state index in [-0.39, 0.29) is 31.2 Å². The van der Waals surface area contributed by atoms with Gasteiger partial charge in [-0.3, -0.25) is 14.5 Å². The summed E-state index contributed by atoms with van der Waals surface area (Å²) in [5.41, 5.74) is 0.191. The lowest BCUT2D eigenvalue weighted by Gasteiger charge is -2.26. The molecule has 2 rings (SSSR count). The summed E-state index contributed by atoms with van der Waals surface area (Å²) in [6.07, 6.45) is -0.120. The van der Waals surface area contributed by atoms with Crippen molar-refractivity contribution in [3.63, 3.8) is 0 Å². The second kappa shape index (κ2) is 6.81. The lowest BCUT2D eigenvalue weighted by Crippen LogP contribution is -2.42. The Balaban J connectivity index is 2.14. The van der Waals surface area contributed by atoms with Crippen LogP contribution >= 0.6 is 0 Å². The van der Waals surface area contributed by atoms with E-state index in [1.807, 2.05) is 30.3 Å². The van der Waals surface area contributed by atoms with Crippen molar-refractivity contribution in [3.8, 4) is 0 Å². The average Bonchev–Trinajstić information content (AvgIpc) is 2.77. The number of alkyl carbamates (subject to hydrolysis) is 1. The van der Waals surface area contributed by atoms with Crippen LogP contribution in [0.15, 0.2) is 30.3 Å². The smallest absolute Gasteiger partial charge is 0.408 e. The van der Waals surface area contributed by atoms with Crippen LogP contribution in [-0.2, 0) is 14.3 Å². The zero-order chi connectivity index (χ0) is 17.0. The molecule has 1 atom stereocenters. The second-order valence-electron chi connectivity index (χ2n) is 6.51. The molecule has 0 radical (unpaired) electrons. The van der Waals surface area contributed by atoms with Crippen LogP contribution in [-0.4, -0.2) is 35.0 Å². The van der Waals surface area contributed by atoms with E-state index in [0.29, 0.717) is 0 Å². The summed E-state index contributed by atoms with van der Waals surface area (Å²) < 4.78 is 5.27. The van der Waals surface area contributed by atoms with Crippen molar-refractivity contribution < 1.29 is 19.1 Å². The zero-order valence-corrected chi connectivity index (χ0v) is 13.7. The van der Waals surface area contributed by atoms with Crippen LogP contribution in [0, 0.1) is 0 Å². The van der Waals surface area contributed by atoms with Crippen molar-refractivity contribution in [2.45, 2.75) is 45.3 Å². The Hall–Kier alpha value is -2.37. The van der Waals surface area contributed by atoms with Crippen LogP contribution in [0.25, 0.3) is 0 Å². The first-order valence-electron chi connectivity index (χ1n) is 7.64. The number of nitrogens with one attached hydrogen (secondary N) is 1. The SMILES string of the molecule is CC(C)(C)OC(=O)NC(CN1C(=O)CCC1=O)c1ccccc1. The molecule has 0 saturated carbocycles. The van der Waals surface area contributed by atoms with Crippen LogP contribution in [0.5, 0.6) is 0 Å². The monoisotopic (exact) mass is 318 g/mol. The van der Waals surface area contributed by atoms with Crippen molar-refractivity contribution in [3.05, 3.63) is 35.9 Å². The summed E-state index contributed by atoms with van der Waals surface area (Å²) in [6, 6.07) is 8.72. The molecule has 1 aromatic carbocycles. The minimum atomic E-state index is -0.620. The Bertz CT molecular complexity index is 576. The van der Waals surface area contributed by atoms with E-state index >= 15 is 0 Å². The first kappa shape index (κ1) is 17.0. The Morgan fingerprint density at radius 3 is 2.26 bits per heavy atom. The largest absolute Gasteiger partial charge is 0.444 e. The molecule has 1 aromatic rings. The number of hydrogen-bond acceptors (Lipinski definition) is 4. The maximum atomic E-state index is 12.1. The topological polar surface area (TPSA) is 75.7 Å². The van der Waals surface area contributed by atoms with E-state index in [0.717, 1.165) is 5.56 Å². The predicted molar refractivity (Wildman–Crippen MR) is 84.5 cm³/mol. The van der Waals surface area contributed by atoms with Gasteiger partial charge in [-0.2, -0.15) is 0 Å². The number of carbonyl (C=O) groups excluding carboxylic acids is 3. The Labute approximate surface area is 135 Å². The summed E-state index contributed by atoms with van der Waals surface area (Å²) in [4.78, 5) is 36.9. The van der Waals surface area contributed by atoms with Gasteiger partial charge in [0, 0.05) is 12.8 Å². The molecule has 3 amide bonds. The molecule has 1 fully saturated rings. The van der Waals surface area contributed by atoms with E-state index in [1.165, 1.54) is 4.90 Å². The van der Waals surface area contributed by atoms with Gasteiger partial charge < -0.3 is 10.1 Å². The van der Waals surface area contributed by atoms with Crippen LogP contribution < -0.4 is 5.32 Å². The number of carbonyl (C=O) groups is 3. The summed E-state index contributed by atoms with van der Waals surface area (Å²) in [7, 11) is 0. The summed E-state index contributed by atoms with van der Waals surface area (Å²) >= 11 is 0. The van der Waals surface area contributed by atoms with Crippen LogP contribution in [0.1, 0.15) is 45.2 Å². The number of ether oxygens (including phenoxy) is 1. The molecule has 6 heteroatoms. The van der Waals surface area contributed by atoms with Gasteiger partial charge in [0.1, 0.15) is 5.60 Å². The summed E-state index contributed by atoms with van der Waals surface area (Å²) in [6.45, 7) is 5.44. The number of imide groups is 1. The van der Waals surface area contributed by atoms with Gasteiger partial charge in [0.15, 0.2) is 0 Å². The Morgan fingerprint density at radius 2 is 1.74 bits per heavy atom. The highest BCUT2D eigenvalue weighted by Crippen LogP contribution is 2.20. The molecule has 0 bridgehead atoms. The number of rotatable bonds is 4. The predicted octanol–water partition coefficient (Wildman–Crippen LogP) is 2.40. The molecule has 0 aliphatic carbocycles. The van der Waals surface area contributed by atoms with Crippen LogP contribution in [0.3, 0.4) is 0 Å². The van der Waals surface area contributed by atoms with E-state index < -0.39 is 17.7 Å². The second-order valence-corrected chi connectivity index (χ2v) is 6.51. The normalized spacial score (nSPS) is 16.4. The van der Waals surface area contributed by atoms with Gasteiger partial charge in [0.25, 0.3) is 0 Å². The van der Waals surface area contributed by atoms with E-state index in [2.05, 4.69) is 5.32 Å². The number of benzene rings is 1. The Morgan fingerprint density at radius 1 is 1.17 bits per heavy atom. The van der Waals surface area contributed by atoms with Gasteiger partial charge in [0.2, 0.25) is 11.8 Å². The highest BCUT2D eigenvalue weighted by atomic mass is 16.6. The number of nitrogens with zero attached hydrogens (tertiary/aromatic N) is 1. The van der Waals surface area contributed by atoms with Gasteiger partial charge in [0.05, 0.1) is 12.6 Å². The average molecular weight is 318 g/mol. The number of likely N-dealkylation sites (tertiary alicyclic amines) is 1. The van der Waals surface area contributed by atoms with Crippen LogP contribution in [0.4, 0.5) is 4.79 Å². The molecule has 1 aliphatic heterocycles. The quantitative estimate of drug-likeness (QED) is 0.865. The summed E-state index contributed by atoms with van der Waals surface area (Å²) in [5.74, 6) is -0.413. The van der Waals surface area contributed by atoms with Crippen molar-refractivity contribution in [2.24, 2.45) is 0 Å². The van der Waals surface area contributed by atoms with E-state index in [4.69, 9.17) is 4.74 Å². The van der Waals surface area contributed by atoms with Gasteiger partial charge >= 0.3 is 6.09 Å². The van der Waals surface area contributed by atoms with Crippen molar-refractivity contribution in [1.29, 1.82) is 0 Å². The molecule has 1 unspecified atom stereocenters. The zero-order valence-electron chi connectivity index (χ0n) is 13.7. The number of amides is 3. The minimum Gasteiger partial charge on any atom is -0.444 e. The molecule has 1 heterocycles. The van der Waals surface area contributed by atoms with Crippen molar-refractivity contribution in [2.75, 3.05) is 6.54 Å². The fourth-order valence-electron chi connectivity index (χ4n) is 2.38. The molecule has 124 valence electrons. The first-order valence-corrected chi connectivity index (χ1v) is 7.64. The van der Waals surface area contributed by atoms with E-state index in [1.54, 1.807) is 20.8 Å². The van der Waals surface area contributed by atoms with Gasteiger partial charge in [-0.1, -0.05) is 30.3 Å². The lowest BCUT2D eigenvalue weighted by molar-refractivity contribution is -0.138. The maximum absolute atomic E-state index is 12.1. The molecule has 0 aromatic heterocycles. The van der Waals surface area contributed by atoms with Crippen LogP contribution in [0.2, 0.25) is 0 Å². The molecular weight excluding hydrogens is 296 g/mol. The summed E-state index contributed by atoms with van der Waals surface area (Å²) in [5, 5.41) is 2.75. The molecule has 1 aliphatic rings.